The molecule has 0 saturated carbocycles. The summed E-state index contributed by atoms with van der Waals surface area (Å²) in [5.74, 6) is 0. The average molecular weight is 731 g/mol. The van der Waals surface area contributed by atoms with Crippen molar-refractivity contribution in [2.24, 2.45) is 0 Å². The largest absolute Gasteiger partial charge is 0.310 e. The van der Waals surface area contributed by atoms with E-state index in [1.807, 2.05) is 23.5 Å². The molecule has 0 N–H and O–H groups in total. The molecule has 7 aromatic rings. The number of benzene rings is 7. The Bertz CT molecular complexity index is 2550. The monoisotopic (exact) mass is 730 g/mol. The molecule has 0 aromatic heterocycles. The van der Waals surface area contributed by atoms with Gasteiger partial charge >= 0.3 is 0 Å². The predicted octanol–water partition coefficient (Wildman–Crippen LogP) is 11.7. The van der Waals surface area contributed by atoms with Crippen molar-refractivity contribution in [3.8, 4) is 0 Å². The van der Waals surface area contributed by atoms with Crippen molar-refractivity contribution in [1.29, 1.82) is 0 Å². The molecule has 5 heteroatoms. The Balaban J connectivity index is 1.25. The van der Waals surface area contributed by atoms with Crippen molar-refractivity contribution in [3.63, 3.8) is 0 Å². The Morgan fingerprint density at radius 1 is 0.426 bits per heavy atom. The van der Waals surface area contributed by atoms with Crippen LogP contribution in [0.1, 0.15) is 55.5 Å². The van der Waals surface area contributed by atoms with Crippen LogP contribution in [0.4, 0.5) is 34.1 Å². The zero-order valence-corrected chi connectivity index (χ0v) is 32.8. The molecule has 7 aromatic carbocycles. The van der Waals surface area contributed by atoms with Crippen LogP contribution in [-0.2, 0) is 10.8 Å². The van der Waals surface area contributed by atoms with Gasteiger partial charge in [-0.3, -0.25) is 0 Å². The molecule has 4 heterocycles. The fourth-order valence-electron chi connectivity index (χ4n) is 9.57. The number of fused-ring (bicyclic) bond motifs is 12. The summed E-state index contributed by atoms with van der Waals surface area (Å²) in [5.41, 5.74) is 17.9. The quantitative estimate of drug-likeness (QED) is 0.143. The van der Waals surface area contributed by atoms with Gasteiger partial charge in [0.05, 0.1) is 11.4 Å². The zero-order valence-electron chi connectivity index (χ0n) is 31.1. The molecule has 2 nitrogen and oxygen atoms in total. The van der Waals surface area contributed by atoms with E-state index in [1.54, 1.807) is 0 Å². The Hall–Kier alpha value is -5.10. The minimum absolute atomic E-state index is 0.0764. The number of para-hydroxylation sites is 2. The van der Waals surface area contributed by atoms with Gasteiger partial charge in [-0.1, -0.05) is 136 Å². The molecule has 0 aliphatic carbocycles. The van der Waals surface area contributed by atoms with Gasteiger partial charge in [-0.15, -0.1) is 0 Å². The molecule has 0 unspecified atom stereocenters. The van der Waals surface area contributed by atoms with Gasteiger partial charge < -0.3 is 9.80 Å². The molecular formula is C49H39BN2S2. The highest BCUT2D eigenvalue weighted by molar-refractivity contribution is 7.99. The van der Waals surface area contributed by atoms with Crippen LogP contribution in [0.15, 0.2) is 165 Å². The van der Waals surface area contributed by atoms with Crippen LogP contribution in [0.3, 0.4) is 0 Å². The molecule has 0 atom stereocenters. The second-order valence-corrected chi connectivity index (χ2v) is 18.4. The van der Waals surface area contributed by atoms with Gasteiger partial charge in [0.25, 0.3) is 6.71 Å². The Morgan fingerprint density at radius 2 is 0.833 bits per heavy atom. The van der Waals surface area contributed by atoms with Crippen LogP contribution >= 0.6 is 23.5 Å². The first kappa shape index (κ1) is 32.3. The smallest absolute Gasteiger partial charge is 0.252 e. The first-order valence-corrected chi connectivity index (χ1v) is 20.6. The lowest BCUT2D eigenvalue weighted by molar-refractivity contribution is 0.627. The average Bonchev–Trinajstić information content (AvgIpc) is 3.18. The number of anilines is 6. The van der Waals surface area contributed by atoms with E-state index in [4.69, 9.17) is 0 Å². The summed E-state index contributed by atoms with van der Waals surface area (Å²) < 4.78 is 0. The number of nitrogens with zero attached hydrogens (tertiary/aromatic N) is 2. The topological polar surface area (TPSA) is 6.48 Å². The Kier molecular flexibility index (Phi) is 6.86. The third-order valence-corrected chi connectivity index (χ3v) is 14.7. The van der Waals surface area contributed by atoms with Gasteiger partial charge in [-0.25, -0.2) is 0 Å². The molecule has 0 fully saturated rings. The molecule has 0 spiro atoms. The van der Waals surface area contributed by atoms with E-state index in [2.05, 4.69) is 190 Å². The van der Waals surface area contributed by atoms with E-state index in [0.717, 1.165) is 0 Å². The van der Waals surface area contributed by atoms with Crippen LogP contribution in [0, 0.1) is 6.92 Å². The summed E-state index contributed by atoms with van der Waals surface area (Å²) in [6.07, 6.45) is 0. The Morgan fingerprint density at radius 3 is 1.30 bits per heavy atom. The van der Waals surface area contributed by atoms with Crippen molar-refractivity contribution < 1.29 is 0 Å². The third kappa shape index (κ3) is 4.46. The molecule has 4 aliphatic heterocycles. The minimum Gasteiger partial charge on any atom is -0.310 e. The van der Waals surface area contributed by atoms with E-state index >= 15 is 0 Å². The molecule has 0 amide bonds. The normalized spacial score (nSPS) is 16.3. The summed E-state index contributed by atoms with van der Waals surface area (Å²) in [6.45, 7) is 11.9. The minimum atomic E-state index is -0.193. The maximum atomic E-state index is 2.59. The maximum absolute atomic E-state index is 2.59. The van der Waals surface area contributed by atoms with Crippen LogP contribution in [0.5, 0.6) is 0 Å². The van der Waals surface area contributed by atoms with E-state index in [-0.39, 0.29) is 17.5 Å². The predicted molar refractivity (Wildman–Crippen MR) is 231 cm³/mol. The molecule has 0 radical (unpaired) electrons. The van der Waals surface area contributed by atoms with Gasteiger partial charge in [0, 0.05) is 53.2 Å². The fourth-order valence-corrected chi connectivity index (χ4v) is 12.0. The van der Waals surface area contributed by atoms with Crippen molar-refractivity contribution >= 4 is 80.7 Å². The summed E-state index contributed by atoms with van der Waals surface area (Å²) >= 11 is 3.79. The first-order chi connectivity index (χ1) is 26.2. The second-order valence-electron chi connectivity index (χ2n) is 16.2. The molecule has 4 aliphatic rings. The molecule has 4 bridgehead atoms. The highest BCUT2D eigenvalue weighted by atomic mass is 32.2. The van der Waals surface area contributed by atoms with Crippen molar-refractivity contribution in [2.75, 3.05) is 9.80 Å². The summed E-state index contributed by atoms with van der Waals surface area (Å²) in [7, 11) is 0. The van der Waals surface area contributed by atoms with Gasteiger partial charge in [0.2, 0.25) is 0 Å². The van der Waals surface area contributed by atoms with Gasteiger partial charge in [0.1, 0.15) is 0 Å². The Labute approximate surface area is 327 Å². The maximum Gasteiger partial charge on any atom is 0.252 e. The third-order valence-electron chi connectivity index (χ3n) is 12.4. The van der Waals surface area contributed by atoms with Crippen molar-refractivity contribution in [1.82, 2.24) is 0 Å². The van der Waals surface area contributed by atoms with Gasteiger partial charge in [-0.05, 0) is 112 Å². The lowest BCUT2D eigenvalue weighted by Gasteiger charge is -2.46. The van der Waals surface area contributed by atoms with Crippen LogP contribution < -0.4 is 26.2 Å². The summed E-state index contributed by atoms with van der Waals surface area (Å²) in [4.78, 5) is 10.3. The van der Waals surface area contributed by atoms with E-state index in [9.17, 15) is 0 Å². The highest BCUT2D eigenvalue weighted by Crippen LogP contribution is 2.53. The van der Waals surface area contributed by atoms with Gasteiger partial charge in [-0.2, -0.15) is 0 Å². The fraction of sp³-hybridized carbons (Fsp3) is 0.143. The molecule has 54 heavy (non-hydrogen) atoms. The molecular weight excluding hydrogens is 691 g/mol. The zero-order chi connectivity index (χ0) is 36.5. The van der Waals surface area contributed by atoms with Crippen LogP contribution in [-0.4, -0.2) is 6.71 Å². The highest BCUT2D eigenvalue weighted by Gasteiger charge is 2.45. The number of aryl methyl sites for hydroxylation is 1. The number of hydrogen-bond acceptors (Lipinski definition) is 4. The van der Waals surface area contributed by atoms with Crippen LogP contribution in [0.2, 0.25) is 0 Å². The van der Waals surface area contributed by atoms with Crippen molar-refractivity contribution in [2.45, 2.75) is 65.0 Å². The number of rotatable bonds is 0. The molecule has 260 valence electrons. The van der Waals surface area contributed by atoms with E-state index in [0.29, 0.717) is 0 Å². The summed E-state index contributed by atoms with van der Waals surface area (Å²) in [5, 5.41) is 0. The number of hydrogen-bond donors (Lipinski definition) is 0. The first-order valence-electron chi connectivity index (χ1n) is 19.0. The SMILES string of the molecule is Cc1cc2c3c(c1)N1c4ccccc4Sc4ccccc4C(C)(C)c4ccc(c1c4)B3c1ccc3cc1N2c1ccccc1Sc1ccccc1C3(C)C. The molecule has 0 saturated heterocycles. The lowest BCUT2D eigenvalue weighted by Crippen LogP contribution is -2.61. The summed E-state index contributed by atoms with van der Waals surface area (Å²) in [6, 6.07) is 55.6. The van der Waals surface area contributed by atoms with E-state index in [1.165, 1.54) is 97.9 Å². The van der Waals surface area contributed by atoms with E-state index < -0.39 is 0 Å². The second kappa shape index (κ2) is 11.5. The lowest BCUT2D eigenvalue weighted by atomic mass is 9.33. The standard InChI is InChI=1S/C49H39BN2S2/c1-30-26-41-47-42(27-30)52-38-17-9-13-21-46(38)54-44-19-11-7-15-34(44)49(4,5)32-23-25-36(40(52)29-32)50(47)35-24-22-31-28-39(35)51(41)37-16-8-12-20-45(37)53-43-18-10-6-14-33(43)48(31,2)3/h6-29H,1-5H3. The van der Waals surface area contributed by atoms with Gasteiger partial charge in [0.15, 0.2) is 0 Å². The van der Waals surface area contributed by atoms with Crippen LogP contribution in [0.25, 0.3) is 0 Å². The molecule has 11 rings (SSSR count). The van der Waals surface area contributed by atoms with Crippen molar-refractivity contribution in [3.05, 3.63) is 173 Å².